The van der Waals surface area contributed by atoms with E-state index >= 15 is 0 Å². The number of terminal acetylenes is 1. The van der Waals surface area contributed by atoms with Crippen LogP contribution in [-0.2, 0) is 15.6 Å². The molecule has 0 saturated heterocycles. The van der Waals surface area contributed by atoms with Crippen LogP contribution in [0.5, 0.6) is 0 Å². The van der Waals surface area contributed by atoms with Crippen LogP contribution in [0.2, 0.25) is 0 Å². The summed E-state index contributed by atoms with van der Waals surface area (Å²) >= 11 is 0. The fourth-order valence-electron chi connectivity index (χ4n) is 2.68. The Balaban J connectivity index is 1.91. The molecule has 0 spiro atoms. The molecule has 0 heterocycles. The van der Waals surface area contributed by atoms with Crippen molar-refractivity contribution < 1.29 is 9.53 Å². The Morgan fingerprint density at radius 3 is 1.81 bits per heavy atom. The molecule has 1 atom stereocenters. The third-order valence-electron chi connectivity index (χ3n) is 4.09. The Morgan fingerprint density at radius 2 is 1.37 bits per heavy atom. The van der Waals surface area contributed by atoms with E-state index in [2.05, 4.69) is 54.5 Å². The quantitative estimate of drug-likeness (QED) is 0.331. The van der Waals surface area contributed by atoms with Crippen molar-refractivity contribution in [2.75, 3.05) is 0 Å². The molecule has 0 aliphatic heterocycles. The topological polar surface area (TPSA) is 26.3 Å². The summed E-state index contributed by atoms with van der Waals surface area (Å²) in [6, 6.07) is 28.4. The Morgan fingerprint density at radius 1 is 0.889 bits per heavy atom. The molecule has 0 radical (unpaired) electrons. The van der Waals surface area contributed by atoms with Gasteiger partial charge in [0.1, 0.15) is 0 Å². The van der Waals surface area contributed by atoms with Crippen molar-refractivity contribution in [1.29, 1.82) is 0 Å². The van der Waals surface area contributed by atoms with Crippen molar-refractivity contribution in [2.45, 2.75) is 34.1 Å². The number of rotatable bonds is 6. The molecule has 0 amide bonds. The van der Waals surface area contributed by atoms with Gasteiger partial charge in [-0.25, -0.2) is 4.79 Å². The van der Waals surface area contributed by atoms with Crippen molar-refractivity contribution in [3.63, 3.8) is 0 Å². The summed E-state index contributed by atoms with van der Waals surface area (Å²) in [7, 11) is -0.235. The number of esters is 1. The van der Waals surface area contributed by atoms with E-state index < -0.39 is 6.10 Å². The summed E-state index contributed by atoms with van der Waals surface area (Å²) in [5.41, 5.74) is 0.511. The summed E-state index contributed by atoms with van der Waals surface area (Å²) in [6.45, 7) is 1.90. The maximum absolute atomic E-state index is 12.3. The molecule has 134 valence electrons. The van der Waals surface area contributed by atoms with Crippen LogP contribution < -0.4 is 0 Å². The molecule has 3 aromatic carbocycles. The van der Waals surface area contributed by atoms with E-state index in [1.807, 2.05) is 43.3 Å². The van der Waals surface area contributed by atoms with Crippen molar-refractivity contribution in [2.24, 2.45) is 0 Å². The van der Waals surface area contributed by atoms with Crippen molar-refractivity contribution >= 4 is 16.9 Å². The lowest BCUT2D eigenvalue weighted by Crippen LogP contribution is -2.15. The largest absolute Gasteiger partial charge is 0.446 e. The fourth-order valence-corrected chi connectivity index (χ4v) is 4.76. The molecule has 0 bridgehead atoms. The van der Waals surface area contributed by atoms with E-state index in [1.165, 1.54) is 9.79 Å². The fraction of sp³-hybridized carbons (Fsp3) is 0.125. The smallest absolute Gasteiger partial charge is 0.339 e. The lowest BCUT2D eigenvalue weighted by Gasteiger charge is -2.11. The molecular formula is C24H21O2S+. The number of carbonyl (C=O) groups excluding carboxylic acids is 1. The number of hydrogen-bond acceptors (Lipinski definition) is 2. The van der Waals surface area contributed by atoms with Crippen molar-refractivity contribution in [3.05, 3.63) is 90.5 Å². The first kappa shape index (κ1) is 18.8. The first-order chi connectivity index (χ1) is 13.2. The van der Waals surface area contributed by atoms with Gasteiger partial charge in [0, 0.05) is 0 Å². The summed E-state index contributed by atoms with van der Waals surface area (Å²) in [5, 5.41) is 0. The van der Waals surface area contributed by atoms with E-state index in [9.17, 15) is 4.79 Å². The number of ether oxygens (including phenoxy) is 1. The Bertz CT molecular complexity index is 873. The van der Waals surface area contributed by atoms with Gasteiger partial charge in [0.15, 0.2) is 20.8 Å². The molecule has 27 heavy (non-hydrogen) atoms. The molecule has 0 fully saturated rings. The predicted molar refractivity (Wildman–Crippen MR) is 110 cm³/mol. The average Bonchev–Trinajstić information content (AvgIpc) is 2.74. The van der Waals surface area contributed by atoms with E-state index in [1.54, 1.807) is 0 Å². The van der Waals surface area contributed by atoms with Crippen LogP contribution in [0.1, 0.15) is 23.7 Å². The summed E-state index contributed by atoms with van der Waals surface area (Å²) in [4.78, 5) is 15.9. The van der Waals surface area contributed by atoms with Crippen LogP contribution in [0, 0.1) is 12.3 Å². The minimum absolute atomic E-state index is 0.235. The Labute approximate surface area is 163 Å². The van der Waals surface area contributed by atoms with Gasteiger partial charge in [-0.15, -0.1) is 6.42 Å². The molecule has 0 aliphatic rings. The normalized spacial score (nSPS) is 11.6. The standard InChI is InChI=1S/C24H21O2S/c1-3-20(4-2)26-24(25)19-15-17-23(18-16-19)27(21-11-7-5-8-12-21)22-13-9-6-10-14-22/h1,5-18,20H,4H2,2H3/q+1. The third-order valence-corrected chi connectivity index (χ3v) is 6.32. The highest BCUT2D eigenvalue weighted by atomic mass is 32.2. The molecule has 3 aromatic rings. The van der Waals surface area contributed by atoms with E-state index in [-0.39, 0.29) is 16.9 Å². The lowest BCUT2D eigenvalue weighted by molar-refractivity contribution is 0.0405. The van der Waals surface area contributed by atoms with Crippen molar-refractivity contribution in [1.82, 2.24) is 0 Å². The third kappa shape index (κ3) is 4.61. The van der Waals surface area contributed by atoms with Gasteiger partial charge in [-0.05, 0) is 55.0 Å². The van der Waals surface area contributed by atoms with Crippen LogP contribution in [-0.4, -0.2) is 12.1 Å². The van der Waals surface area contributed by atoms with Crippen LogP contribution in [0.15, 0.2) is 99.6 Å². The molecular weight excluding hydrogens is 352 g/mol. The zero-order chi connectivity index (χ0) is 19.1. The number of hydrogen-bond donors (Lipinski definition) is 0. The van der Waals surface area contributed by atoms with E-state index in [4.69, 9.17) is 11.2 Å². The molecule has 3 rings (SSSR count). The number of carbonyl (C=O) groups is 1. The van der Waals surface area contributed by atoms with Gasteiger partial charge < -0.3 is 4.74 Å². The van der Waals surface area contributed by atoms with Gasteiger partial charge in [0.25, 0.3) is 0 Å². The molecule has 0 aromatic heterocycles. The average molecular weight is 373 g/mol. The van der Waals surface area contributed by atoms with Gasteiger partial charge in [-0.2, -0.15) is 0 Å². The van der Waals surface area contributed by atoms with Gasteiger partial charge in [-0.1, -0.05) is 49.2 Å². The minimum Gasteiger partial charge on any atom is -0.446 e. The molecule has 0 saturated carbocycles. The SMILES string of the molecule is C#CC(CC)OC(=O)c1ccc([S+](c2ccccc2)c2ccccc2)cc1. The summed E-state index contributed by atoms with van der Waals surface area (Å²) < 4.78 is 5.33. The van der Waals surface area contributed by atoms with Gasteiger partial charge >= 0.3 is 5.97 Å². The van der Waals surface area contributed by atoms with Crippen LogP contribution in [0.25, 0.3) is 0 Å². The van der Waals surface area contributed by atoms with Crippen LogP contribution in [0.3, 0.4) is 0 Å². The molecule has 3 heteroatoms. The van der Waals surface area contributed by atoms with E-state index in [0.717, 1.165) is 4.90 Å². The monoisotopic (exact) mass is 373 g/mol. The summed E-state index contributed by atoms with van der Waals surface area (Å²) in [5.74, 6) is 2.10. The number of benzene rings is 3. The highest BCUT2D eigenvalue weighted by Gasteiger charge is 2.28. The molecule has 0 N–H and O–H groups in total. The second kappa shape index (κ2) is 9.12. The molecule has 0 aliphatic carbocycles. The zero-order valence-corrected chi connectivity index (χ0v) is 16.0. The second-order valence-electron chi connectivity index (χ2n) is 5.93. The first-order valence-electron chi connectivity index (χ1n) is 8.84. The van der Waals surface area contributed by atoms with Gasteiger partial charge in [0.2, 0.25) is 0 Å². The molecule has 1 unspecified atom stereocenters. The first-order valence-corrected chi connectivity index (χ1v) is 10.1. The maximum atomic E-state index is 12.3. The minimum atomic E-state index is -0.486. The van der Waals surface area contributed by atoms with Crippen LogP contribution in [0.4, 0.5) is 0 Å². The maximum Gasteiger partial charge on any atom is 0.339 e. The second-order valence-corrected chi connectivity index (χ2v) is 7.95. The van der Waals surface area contributed by atoms with Crippen LogP contribution >= 0.6 is 0 Å². The lowest BCUT2D eigenvalue weighted by atomic mass is 10.2. The summed E-state index contributed by atoms with van der Waals surface area (Å²) in [6.07, 6.45) is 5.49. The Hall–Kier alpha value is -2.96. The van der Waals surface area contributed by atoms with E-state index in [0.29, 0.717) is 12.0 Å². The van der Waals surface area contributed by atoms with Crippen molar-refractivity contribution in [3.8, 4) is 12.3 Å². The molecule has 2 nitrogen and oxygen atoms in total. The highest BCUT2D eigenvalue weighted by Crippen LogP contribution is 2.31. The Kier molecular flexibility index (Phi) is 6.35. The van der Waals surface area contributed by atoms with Gasteiger partial charge in [-0.3, -0.25) is 0 Å². The predicted octanol–water partition coefficient (Wildman–Crippen LogP) is 5.35. The zero-order valence-electron chi connectivity index (χ0n) is 15.2. The highest BCUT2D eigenvalue weighted by molar-refractivity contribution is 7.97. The van der Waals surface area contributed by atoms with Gasteiger partial charge in [0.05, 0.1) is 16.5 Å².